The van der Waals surface area contributed by atoms with Gasteiger partial charge in [0.1, 0.15) is 11.5 Å². The minimum Gasteiger partial charge on any atom is -0.512 e. The van der Waals surface area contributed by atoms with Crippen molar-refractivity contribution in [3.8, 4) is 22.8 Å². The molecule has 4 nitrogen and oxygen atoms in total. The van der Waals surface area contributed by atoms with E-state index in [4.69, 9.17) is 9.72 Å². The standard InChI is InChI=1S/C33H32NO.C14H26O2.Ir/c1-20(2)13-14-21-10-8-12-24-25-15-16-34-31-27-17-22-9-6-7-11-23(22)28(19-33(3,4)5)32(27)35-29(30(25)31)18-26(21)24;1-6-11(7-2)12(15)10-13(16)14(5,8-3)9-4;/h6-12,15-16,18,20H,13-14,19H2,1-5H3;10-11,16H,6-9H2,1-5H3;/q-1;;/b;13-10-;. The molecule has 0 saturated carbocycles. The van der Waals surface area contributed by atoms with Crippen LogP contribution in [0.15, 0.2) is 72.6 Å². The average molecular weight is 877 g/mol. The summed E-state index contributed by atoms with van der Waals surface area (Å²) >= 11 is 0. The van der Waals surface area contributed by atoms with E-state index >= 15 is 0 Å². The minimum absolute atomic E-state index is 0. The van der Waals surface area contributed by atoms with E-state index < -0.39 is 0 Å². The predicted octanol–water partition coefficient (Wildman–Crippen LogP) is 13.5. The molecule has 1 radical (unpaired) electrons. The first-order valence-corrected chi connectivity index (χ1v) is 19.2. The molecule has 6 rings (SSSR count). The molecule has 1 aliphatic heterocycles. The van der Waals surface area contributed by atoms with Crippen LogP contribution in [0.2, 0.25) is 0 Å². The fourth-order valence-corrected chi connectivity index (χ4v) is 7.23. The van der Waals surface area contributed by atoms with Gasteiger partial charge in [0.25, 0.3) is 0 Å². The SMILES string of the molecule is CC(C)CCc1cccc2c1cc1c3c(nccc32)-c2[c-]c3ccccc3c(CC(C)(C)C)c2O1.CCC(CC)C(=O)/C=C(\O)C(C)(CC)CC.[Ir]. The molecule has 1 aromatic heterocycles. The molecule has 0 fully saturated rings. The second-order valence-electron chi connectivity index (χ2n) is 16.3. The van der Waals surface area contributed by atoms with Gasteiger partial charge >= 0.3 is 0 Å². The molecule has 0 spiro atoms. The minimum atomic E-state index is -0.248. The molecule has 1 N–H and O–H groups in total. The summed E-state index contributed by atoms with van der Waals surface area (Å²) in [5.41, 5.74) is 4.47. The van der Waals surface area contributed by atoms with Gasteiger partial charge < -0.3 is 9.84 Å². The summed E-state index contributed by atoms with van der Waals surface area (Å²) in [4.78, 5) is 16.8. The van der Waals surface area contributed by atoms with Crippen molar-refractivity contribution >= 4 is 38.1 Å². The molecule has 279 valence electrons. The van der Waals surface area contributed by atoms with Gasteiger partial charge in [0.05, 0.1) is 5.75 Å². The van der Waals surface area contributed by atoms with Crippen molar-refractivity contribution in [3.63, 3.8) is 0 Å². The van der Waals surface area contributed by atoms with Crippen LogP contribution >= 0.6 is 0 Å². The topological polar surface area (TPSA) is 59.4 Å². The number of aryl methyl sites for hydroxylation is 1. The van der Waals surface area contributed by atoms with Crippen LogP contribution in [0.1, 0.15) is 112 Å². The summed E-state index contributed by atoms with van der Waals surface area (Å²) in [6.07, 6.45) is 9.94. The molecule has 52 heavy (non-hydrogen) atoms. The second-order valence-corrected chi connectivity index (χ2v) is 16.3. The van der Waals surface area contributed by atoms with E-state index in [1.54, 1.807) is 0 Å². The van der Waals surface area contributed by atoms with Gasteiger partial charge in [0.2, 0.25) is 0 Å². The number of fused-ring (bicyclic) bond motifs is 5. The van der Waals surface area contributed by atoms with Crippen LogP contribution in [-0.4, -0.2) is 15.9 Å². The Labute approximate surface area is 325 Å². The number of allylic oxidation sites excluding steroid dienone is 2. The van der Waals surface area contributed by atoms with Crippen molar-refractivity contribution in [2.75, 3.05) is 0 Å². The first-order chi connectivity index (χ1) is 24.2. The van der Waals surface area contributed by atoms with E-state index in [1.165, 1.54) is 45.2 Å². The molecule has 2 heterocycles. The molecule has 4 aromatic carbocycles. The number of aliphatic hydroxyl groups is 1. The molecule has 1 aliphatic rings. The van der Waals surface area contributed by atoms with E-state index in [0.717, 1.165) is 72.1 Å². The maximum absolute atomic E-state index is 11.9. The second kappa shape index (κ2) is 17.1. The van der Waals surface area contributed by atoms with E-state index in [2.05, 4.69) is 95.3 Å². The molecule has 0 bridgehead atoms. The van der Waals surface area contributed by atoms with Crippen molar-refractivity contribution in [3.05, 3.63) is 89.8 Å². The third-order valence-electron chi connectivity index (χ3n) is 11.0. The summed E-state index contributed by atoms with van der Waals surface area (Å²) in [5.74, 6) is 2.88. The van der Waals surface area contributed by atoms with Gasteiger partial charge in [-0.15, -0.1) is 17.5 Å². The normalized spacial score (nSPS) is 12.8. The predicted molar refractivity (Wildman–Crippen MR) is 216 cm³/mol. The number of benzene rings is 4. The maximum Gasteiger partial charge on any atom is 0.162 e. The van der Waals surface area contributed by atoms with Gasteiger partial charge in [-0.3, -0.25) is 9.78 Å². The Bertz CT molecular complexity index is 2060. The average Bonchev–Trinajstić information content (AvgIpc) is 3.11. The summed E-state index contributed by atoms with van der Waals surface area (Å²) < 4.78 is 6.85. The smallest absolute Gasteiger partial charge is 0.162 e. The zero-order valence-corrected chi connectivity index (χ0v) is 35.4. The van der Waals surface area contributed by atoms with Crippen molar-refractivity contribution in [1.29, 1.82) is 0 Å². The third-order valence-corrected chi connectivity index (χ3v) is 11.0. The van der Waals surface area contributed by atoms with Crippen LogP contribution in [-0.2, 0) is 37.7 Å². The fourth-order valence-electron chi connectivity index (χ4n) is 7.23. The third kappa shape index (κ3) is 8.64. The molecule has 5 aromatic rings. The van der Waals surface area contributed by atoms with Gasteiger partial charge in [-0.1, -0.05) is 122 Å². The van der Waals surface area contributed by atoms with Crippen LogP contribution in [0.4, 0.5) is 0 Å². The van der Waals surface area contributed by atoms with Crippen molar-refractivity contribution in [2.24, 2.45) is 22.7 Å². The van der Waals surface area contributed by atoms with Crippen LogP contribution in [0, 0.1) is 28.7 Å². The van der Waals surface area contributed by atoms with E-state index in [0.29, 0.717) is 5.92 Å². The fraction of sp³-hybridized carbons (Fsp3) is 0.447. The van der Waals surface area contributed by atoms with Crippen molar-refractivity contribution < 1.29 is 34.7 Å². The Hall–Kier alpha value is -3.53. The van der Waals surface area contributed by atoms with Crippen LogP contribution in [0.5, 0.6) is 11.5 Å². The number of aliphatic hydroxyl groups excluding tert-OH is 1. The number of carbonyl (C=O) groups is 1. The zero-order chi connectivity index (χ0) is 37.1. The number of aromatic nitrogens is 1. The van der Waals surface area contributed by atoms with Crippen LogP contribution in [0.3, 0.4) is 0 Å². The van der Waals surface area contributed by atoms with Crippen molar-refractivity contribution in [1.82, 2.24) is 4.98 Å². The number of pyridine rings is 1. The largest absolute Gasteiger partial charge is 0.512 e. The number of rotatable bonds is 11. The molecule has 0 saturated heterocycles. The Morgan fingerprint density at radius 2 is 1.58 bits per heavy atom. The van der Waals surface area contributed by atoms with Gasteiger partial charge in [-0.25, -0.2) is 0 Å². The summed E-state index contributed by atoms with van der Waals surface area (Å²) in [6, 6.07) is 23.3. The Kier molecular flexibility index (Phi) is 13.5. The van der Waals surface area contributed by atoms with Crippen LogP contribution in [0.25, 0.3) is 43.6 Å². The maximum atomic E-state index is 11.9. The molecule has 0 atom stereocenters. The summed E-state index contributed by atoms with van der Waals surface area (Å²) in [5, 5.41) is 17.2. The number of ether oxygens (including phenoxy) is 1. The van der Waals surface area contributed by atoms with Gasteiger partial charge in [0, 0.05) is 54.8 Å². The van der Waals surface area contributed by atoms with E-state index in [9.17, 15) is 9.90 Å². The molecular weight excluding hydrogens is 819 g/mol. The monoisotopic (exact) mass is 877 g/mol. The molecule has 0 aliphatic carbocycles. The zero-order valence-electron chi connectivity index (χ0n) is 33.0. The van der Waals surface area contributed by atoms with E-state index in [1.807, 2.05) is 40.8 Å². The van der Waals surface area contributed by atoms with Gasteiger partial charge in [-0.2, -0.15) is 0 Å². The molecule has 0 unspecified atom stereocenters. The number of nitrogens with zero attached hydrogens (tertiary/aromatic N) is 1. The Morgan fingerprint density at radius 1 is 0.904 bits per heavy atom. The molecule has 5 heteroatoms. The van der Waals surface area contributed by atoms with Gasteiger partial charge in [-0.05, 0) is 90.1 Å². The number of ketones is 1. The van der Waals surface area contributed by atoms with E-state index in [-0.39, 0.29) is 48.4 Å². The number of carbonyl (C=O) groups excluding carboxylic acids is 1. The van der Waals surface area contributed by atoms with Crippen LogP contribution < -0.4 is 4.74 Å². The number of hydrogen-bond acceptors (Lipinski definition) is 4. The quantitative estimate of drug-likeness (QED) is 0.0610. The first kappa shape index (κ1) is 41.2. The first-order valence-electron chi connectivity index (χ1n) is 19.2. The molecule has 0 amide bonds. The molecular formula is C47H58IrNO3-. The Morgan fingerprint density at radius 3 is 2.21 bits per heavy atom. The number of hydrogen-bond donors (Lipinski definition) is 1. The summed E-state index contributed by atoms with van der Waals surface area (Å²) in [6.45, 7) is 21.5. The van der Waals surface area contributed by atoms with Crippen molar-refractivity contribution in [2.45, 2.75) is 114 Å². The Balaban J connectivity index is 0.000000305. The van der Waals surface area contributed by atoms with Gasteiger partial charge in [0.15, 0.2) is 5.78 Å². The summed E-state index contributed by atoms with van der Waals surface area (Å²) in [7, 11) is 0.